The van der Waals surface area contributed by atoms with E-state index in [9.17, 15) is 0 Å². The van der Waals surface area contributed by atoms with Crippen LogP contribution in [0.1, 0.15) is 44.0 Å². The minimum absolute atomic E-state index is 0.551. The third-order valence-electron chi connectivity index (χ3n) is 5.76. The fourth-order valence-electron chi connectivity index (χ4n) is 3.77. The molecule has 1 aromatic heterocycles. The number of aryl methyl sites for hydroxylation is 2. The van der Waals surface area contributed by atoms with E-state index in [1.54, 1.807) is 0 Å². The van der Waals surface area contributed by atoms with Crippen molar-refractivity contribution in [2.24, 2.45) is 5.92 Å². The molecular formula is C21H32N4. The molecule has 1 aromatic carbocycles. The molecule has 25 heavy (non-hydrogen) atoms. The Morgan fingerprint density at radius 2 is 2.00 bits per heavy atom. The molecule has 0 spiro atoms. The van der Waals surface area contributed by atoms with Crippen molar-refractivity contribution in [3.63, 3.8) is 0 Å². The van der Waals surface area contributed by atoms with Crippen LogP contribution in [-0.2, 0) is 6.54 Å². The maximum Gasteiger partial charge on any atom is 0.0981 e. The first-order valence-corrected chi connectivity index (χ1v) is 9.69. The predicted molar refractivity (Wildman–Crippen MR) is 107 cm³/mol. The summed E-state index contributed by atoms with van der Waals surface area (Å²) in [5.41, 5.74) is 6.50. The van der Waals surface area contributed by atoms with Gasteiger partial charge in [-0.3, -0.25) is 4.68 Å². The summed E-state index contributed by atoms with van der Waals surface area (Å²) < 4.78 is 2.22. The number of hydrogen-bond acceptors (Lipinski definition) is 3. The fourth-order valence-corrected chi connectivity index (χ4v) is 3.77. The van der Waals surface area contributed by atoms with Crippen molar-refractivity contribution >= 4 is 16.5 Å². The van der Waals surface area contributed by atoms with Gasteiger partial charge in [-0.2, -0.15) is 5.10 Å². The Morgan fingerprint density at radius 3 is 2.68 bits per heavy atom. The number of likely N-dealkylation sites (N-methyl/N-ethyl adjacent to an activating group) is 1. The molecule has 2 aromatic rings. The van der Waals surface area contributed by atoms with Gasteiger partial charge in [0.15, 0.2) is 0 Å². The summed E-state index contributed by atoms with van der Waals surface area (Å²) in [7, 11) is 0. The van der Waals surface area contributed by atoms with Gasteiger partial charge < -0.3 is 10.2 Å². The number of nitrogens with one attached hydrogen (secondary N) is 1. The number of fused-ring (bicyclic) bond motifs is 1. The van der Waals surface area contributed by atoms with Gasteiger partial charge in [-0.15, -0.1) is 0 Å². The molecule has 0 saturated carbocycles. The molecule has 1 atom stereocenters. The van der Waals surface area contributed by atoms with E-state index in [0.717, 1.165) is 32.7 Å². The van der Waals surface area contributed by atoms with Gasteiger partial charge in [0.25, 0.3) is 0 Å². The third kappa shape index (κ3) is 3.45. The lowest BCUT2D eigenvalue weighted by Gasteiger charge is -2.20. The molecule has 3 rings (SSSR count). The van der Waals surface area contributed by atoms with Crippen molar-refractivity contribution < 1.29 is 0 Å². The summed E-state index contributed by atoms with van der Waals surface area (Å²) in [5, 5.41) is 9.84. The molecule has 0 fully saturated rings. The second-order valence-electron chi connectivity index (χ2n) is 7.24. The van der Waals surface area contributed by atoms with Crippen molar-refractivity contribution in [1.82, 2.24) is 20.0 Å². The quantitative estimate of drug-likeness (QED) is 0.864. The van der Waals surface area contributed by atoms with Gasteiger partial charge in [-0.05, 0) is 62.0 Å². The molecule has 1 N–H and O–H groups in total. The Bertz CT molecular complexity index is 768. The number of nitrogens with zero attached hydrogens (tertiary/aromatic N) is 3. The first-order valence-electron chi connectivity index (χ1n) is 9.69. The lowest BCUT2D eigenvalue weighted by Crippen LogP contribution is -2.27. The van der Waals surface area contributed by atoms with Gasteiger partial charge in [-0.1, -0.05) is 26.8 Å². The Balaban J connectivity index is 2.07. The van der Waals surface area contributed by atoms with Crippen LogP contribution >= 0.6 is 0 Å². The van der Waals surface area contributed by atoms with Crippen LogP contribution in [0.3, 0.4) is 0 Å². The monoisotopic (exact) mass is 340 g/mol. The average Bonchev–Trinajstić information content (AvgIpc) is 2.98. The van der Waals surface area contributed by atoms with Crippen LogP contribution in [0.4, 0.5) is 0 Å². The topological polar surface area (TPSA) is 33.1 Å². The standard InChI is InChI=1S/C21H32N4/c1-6-24(7-2)12-13-25-19-9-8-15(3)17(5)20(19)21(23-25)18-14-22-11-10-16(18)4/h8-9,14,16,22H,6-7,10-13H2,1-5H3. The van der Waals surface area contributed by atoms with Gasteiger partial charge in [0.05, 0.1) is 17.8 Å². The molecule has 1 unspecified atom stereocenters. The van der Waals surface area contributed by atoms with Crippen molar-refractivity contribution in [2.45, 2.75) is 47.6 Å². The van der Waals surface area contributed by atoms with Gasteiger partial charge in [0.1, 0.15) is 0 Å². The van der Waals surface area contributed by atoms with Crippen LogP contribution < -0.4 is 5.32 Å². The molecule has 4 nitrogen and oxygen atoms in total. The lowest BCUT2D eigenvalue weighted by atomic mass is 9.90. The van der Waals surface area contributed by atoms with Crippen LogP contribution in [0.5, 0.6) is 0 Å². The highest BCUT2D eigenvalue weighted by Crippen LogP contribution is 2.34. The van der Waals surface area contributed by atoms with Crippen molar-refractivity contribution in [1.29, 1.82) is 0 Å². The van der Waals surface area contributed by atoms with E-state index < -0.39 is 0 Å². The van der Waals surface area contributed by atoms with Crippen LogP contribution in [0.25, 0.3) is 16.5 Å². The summed E-state index contributed by atoms with van der Waals surface area (Å²) in [6.45, 7) is 16.4. The second kappa shape index (κ2) is 7.61. The molecule has 136 valence electrons. The Labute approximate surface area is 151 Å². The number of allylic oxidation sites excluding steroid dienone is 1. The van der Waals surface area contributed by atoms with Gasteiger partial charge in [0.2, 0.25) is 0 Å². The number of rotatable bonds is 6. The zero-order valence-electron chi connectivity index (χ0n) is 16.4. The van der Waals surface area contributed by atoms with Crippen molar-refractivity contribution in [3.8, 4) is 0 Å². The van der Waals surface area contributed by atoms with Gasteiger partial charge in [0, 0.05) is 24.7 Å². The normalized spacial score (nSPS) is 17.8. The summed E-state index contributed by atoms with van der Waals surface area (Å²) in [4.78, 5) is 2.46. The minimum Gasteiger partial charge on any atom is -0.391 e. The Hall–Kier alpha value is -1.81. The largest absolute Gasteiger partial charge is 0.391 e. The summed E-state index contributed by atoms with van der Waals surface area (Å²) >= 11 is 0. The van der Waals surface area contributed by atoms with E-state index in [2.05, 4.69) is 67.8 Å². The summed E-state index contributed by atoms with van der Waals surface area (Å²) in [6, 6.07) is 4.48. The highest BCUT2D eigenvalue weighted by atomic mass is 15.3. The first-order chi connectivity index (χ1) is 12.1. The smallest absolute Gasteiger partial charge is 0.0981 e. The SMILES string of the molecule is CCN(CC)CCn1nc(C2=CNCCC2C)c2c(C)c(C)ccc21. The summed E-state index contributed by atoms with van der Waals surface area (Å²) in [5.74, 6) is 0.551. The van der Waals surface area contributed by atoms with E-state index in [1.807, 2.05) is 0 Å². The third-order valence-corrected chi connectivity index (χ3v) is 5.76. The molecule has 2 heterocycles. The second-order valence-corrected chi connectivity index (χ2v) is 7.24. The van der Waals surface area contributed by atoms with Crippen LogP contribution in [0.15, 0.2) is 18.3 Å². The van der Waals surface area contributed by atoms with E-state index in [-0.39, 0.29) is 0 Å². The molecule has 0 bridgehead atoms. The zero-order valence-corrected chi connectivity index (χ0v) is 16.4. The lowest BCUT2D eigenvalue weighted by molar-refractivity contribution is 0.287. The molecule has 1 aliphatic rings. The maximum absolute atomic E-state index is 5.09. The number of hydrogen-bond donors (Lipinski definition) is 1. The van der Waals surface area contributed by atoms with E-state index in [1.165, 1.54) is 39.7 Å². The minimum atomic E-state index is 0.551. The molecule has 0 saturated heterocycles. The molecular weight excluding hydrogens is 308 g/mol. The van der Waals surface area contributed by atoms with Crippen molar-refractivity contribution in [3.05, 3.63) is 35.2 Å². The molecule has 0 radical (unpaired) electrons. The van der Waals surface area contributed by atoms with Crippen LogP contribution in [-0.4, -0.2) is 40.9 Å². The van der Waals surface area contributed by atoms with Gasteiger partial charge >= 0.3 is 0 Å². The van der Waals surface area contributed by atoms with E-state index in [0.29, 0.717) is 5.92 Å². The van der Waals surface area contributed by atoms with Crippen LogP contribution in [0.2, 0.25) is 0 Å². The average molecular weight is 341 g/mol. The highest BCUT2D eigenvalue weighted by molar-refractivity contribution is 5.94. The Morgan fingerprint density at radius 1 is 1.24 bits per heavy atom. The van der Waals surface area contributed by atoms with Crippen LogP contribution in [0, 0.1) is 19.8 Å². The van der Waals surface area contributed by atoms with E-state index >= 15 is 0 Å². The van der Waals surface area contributed by atoms with E-state index in [4.69, 9.17) is 5.10 Å². The first kappa shape index (κ1) is 18.0. The fraction of sp³-hybridized carbons (Fsp3) is 0.571. The predicted octanol–water partition coefficient (Wildman–Crippen LogP) is 3.97. The molecule has 0 amide bonds. The number of benzene rings is 1. The van der Waals surface area contributed by atoms with Gasteiger partial charge in [-0.25, -0.2) is 0 Å². The molecule has 0 aliphatic carbocycles. The summed E-state index contributed by atoms with van der Waals surface area (Å²) in [6.07, 6.45) is 3.36. The molecule has 1 aliphatic heterocycles. The Kier molecular flexibility index (Phi) is 5.48. The highest BCUT2D eigenvalue weighted by Gasteiger charge is 2.22. The number of aromatic nitrogens is 2. The molecule has 4 heteroatoms. The van der Waals surface area contributed by atoms with Crippen molar-refractivity contribution in [2.75, 3.05) is 26.2 Å². The zero-order chi connectivity index (χ0) is 18.0. The maximum atomic E-state index is 5.09.